The Balaban J connectivity index is 3.37. The highest BCUT2D eigenvalue weighted by Gasteiger charge is 2.50. The van der Waals surface area contributed by atoms with Gasteiger partial charge in [-0.2, -0.15) is 0 Å². The fraction of sp³-hybridized carbons (Fsp3) is 0.625. The van der Waals surface area contributed by atoms with E-state index >= 15 is 0 Å². The van der Waals surface area contributed by atoms with E-state index in [2.05, 4.69) is 15.3 Å². The lowest BCUT2D eigenvalue weighted by Gasteiger charge is -2.41. The first-order valence-corrected chi connectivity index (χ1v) is 8.18. The highest BCUT2D eigenvalue weighted by atomic mass is 16.7. The lowest BCUT2D eigenvalue weighted by atomic mass is 9.96. The molecular weight excluding hydrogens is 380 g/mol. The normalized spacial score (nSPS) is 25.1. The van der Waals surface area contributed by atoms with Crippen LogP contribution in [0.3, 0.4) is 0 Å². The number of amides is 1. The van der Waals surface area contributed by atoms with E-state index in [1.54, 1.807) is 0 Å². The van der Waals surface area contributed by atoms with Crippen molar-refractivity contribution in [1.82, 2.24) is 5.32 Å². The predicted molar refractivity (Wildman–Crippen MR) is 89.4 cm³/mol. The summed E-state index contributed by atoms with van der Waals surface area (Å²) in [4.78, 5) is 61.5. The lowest BCUT2D eigenvalue weighted by Crippen LogP contribution is -2.64. The van der Waals surface area contributed by atoms with Gasteiger partial charge in [0.1, 0.15) is 12.6 Å². The van der Waals surface area contributed by atoms with Gasteiger partial charge in [0.2, 0.25) is 5.91 Å². The summed E-state index contributed by atoms with van der Waals surface area (Å²) in [6, 6.07) is -1.24. The Morgan fingerprint density at radius 1 is 0.893 bits per heavy atom. The molecule has 4 atom stereocenters. The maximum Gasteiger partial charge on any atom is 0.332 e. The predicted octanol–water partition coefficient (Wildman–Crippen LogP) is -0.807. The van der Waals surface area contributed by atoms with Crippen molar-refractivity contribution >= 4 is 35.7 Å². The van der Waals surface area contributed by atoms with Crippen molar-refractivity contribution < 1.29 is 47.8 Å². The zero-order chi connectivity index (χ0) is 21.4. The van der Waals surface area contributed by atoms with E-state index in [1.807, 2.05) is 0 Å². The molecule has 0 saturated carbocycles. The van der Waals surface area contributed by atoms with Gasteiger partial charge in [-0.15, -0.1) is 0 Å². The number of oxime groups is 1. The molecule has 12 heteroatoms. The first kappa shape index (κ1) is 22.9. The molecule has 28 heavy (non-hydrogen) atoms. The van der Waals surface area contributed by atoms with E-state index in [9.17, 15) is 24.0 Å². The Kier molecular flexibility index (Phi) is 8.35. The SMILES string of the molecule is CC(=O)N[C@@H]1/C(=N/OC(C)=O)OC(COC(C)=O)[C@@H](OC(C)=O)[C@@H]1OC(C)=O. The van der Waals surface area contributed by atoms with Crippen molar-refractivity contribution in [2.75, 3.05) is 6.61 Å². The summed E-state index contributed by atoms with van der Waals surface area (Å²) < 4.78 is 20.8. The Bertz CT molecular complexity index is 674. The summed E-state index contributed by atoms with van der Waals surface area (Å²) in [6.07, 6.45) is -3.71. The van der Waals surface area contributed by atoms with E-state index in [0.717, 1.165) is 27.7 Å². The van der Waals surface area contributed by atoms with E-state index in [4.69, 9.17) is 18.9 Å². The molecule has 156 valence electrons. The zero-order valence-electron chi connectivity index (χ0n) is 16.0. The molecule has 1 amide bonds. The number of carbonyl (C=O) groups excluding carboxylic acids is 5. The number of hydrogen-bond donors (Lipinski definition) is 1. The van der Waals surface area contributed by atoms with Crippen LogP contribution in [0.15, 0.2) is 5.16 Å². The van der Waals surface area contributed by atoms with E-state index < -0.39 is 60.7 Å². The molecule has 1 aliphatic rings. The van der Waals surface area contributed by atoms with Crippen LogP contribution in [-0.4, -0.2) is 66.6 Å². The molecule has 0 aromatic rings. The quantitative estimate of drug-likeness (QED) is 0.258. The van der Waals surface area contributed by atoms with Gasteiger partial charge in [0.15, 0.2) is 18.3 Å². The Labute approximate surface area is 160 Å². The third-order valence-corrected chi connectivity index (χ3v) is 3.23. The second-order valence-corrected chi connectivity index (χ2v) is 5.80. The molecule has 1 fully saturated rings. The number of nitrogens with one attached hydrogen (secondary N) is 1. The van der Waals surface area contributed by atoms with Gasteiger partial charge in [-0.05, 0) is 5.16 Å². The van der Waals surface area contributed by atoms with Gasteiger partial charge >= 0.3 is 23.9 Å². The standard InChI is InChI=1S/C16H22N2O10/c1-7(19)17-13-15(26-10(4)22)14(25-9(3)21)12(6-24-8(2)20)27-16(13)18-28-11(5)23/h12-15H,6H2,1-5H3,(H,17,19)/b18-16-/t12?,13-,14+,15+/m0/s1. The molecule has 1 N–H and O–H groups in total. The van der Waals surface area contributed by atoms with Crippen molar-refractivity contribution in [3.8, 4) is 0 Å². The molecule has 0 aliphatic carbocycles. The summed E-state index contributed by atoms with van der Waals surface area (Å²) in [7, 11) is 0. The molecular formula is C16H22N2O10. The van der Waals surface area contributed by atoms with Gasteiger partial charge in [-0.25, -0.2) is 4.79 Å². The minimum Gasteiger partial charge on any atom is -0.466 e. The number of nitrogens with zero attached hydrogens (tertiary/aromatic N) is 1. The molecule has 0 bridgehead atoms. The lowest BCUT2D eigenvalue weighted by molar-refractivity contribution is -0.186. The summed E-state index contributed by atoms with van der Waals surface area (Å²) in [5, 5.41) is 5.96. The minimum absolute atomic E-state index is 0.336. The van der Waals surface area contributed by atoms with Gasteiger partial charge in [0.25, 0.3) is 5.90 Å². The largest absolute Gasteiger partial charge is 0.466 e. The Hall–Kier alpha value is -3.18. The molecule has 12 nitrogen and oxygen atoms in total. The topological polar surface area (TPSA) is 156 Å². The Morgan fingerprint density at radius 2 is 1.46 bits per heavy atom. The first-order chi connectivity index (χ1) is 13.0. The fourth-order valence-electron chi connectivity index (χ4n) is 2.38. The molecule has 1 heterocycles. The monoisotopic (exact) mass is 402 g/mol. The number of rotatable bonds is 6. The molecule has 0 aromatic carbocycles. The molecule has 1 aliphatic heterocycles. The number of carbonyl (C=O) groups is 5. The molecule has 1 rings (SSSR count). The van der Waals surface area contributed by atoms with Crippen molar-refractivity contribution in [3.63, 3.8) is 0 Å². The van der Waals surface area contributed by atoms with Crippen molar-refractivity contribution in [2.24, 2.45) is 5.16 Å². The second kappa shape index (κ2) is 10.2. The fourth-order valence-corrected chi connectivity index (χ4v) is 2.38. The van der Waals surface area contributed by atoms with E-state index in [-0.39, 0.29) is 5.90 Å². The summed E-state index contributed by atoms with van der Waals surface area (Å²) in [5.41, 5.74) is 0. The highest BCUT2D eigenvalue weighted by molar-refractivity contribution is 5.89. The Morgan fingerprint density at radius 3 is 1.93 bits per heavy atom. The van der Waals surface area contributed by atoms with Crippen LogP contribution in [0.25, 0.3) is 0 Å². The van der Waals surface area contributed by atoms with Crippen molar-refractivity contribution in [3.05, 3.63) is 0 Å². The maximum absolute atomic E-state index is 11.6. The van der Waals surface area contributed by atoms with Gasteiger partial charge in [-0.3, -0.25) is 19.2 Å². The molecule has 1 unspecified atom stereocenters. The van der Waals surface area contributed by atoms with Crippen LogP contribution in [0.4, 0.5) is 0 Å². The van der Waals surface area contributed by atoms with Crippen LogP contribution in [0.2, 0.25) is 0 Å². The zero-order valence-corrected chi connectivity index (χ0v) is 16.0. The smallest absolute Gasteiger partial charge is 0.332 e. The third-order valence-electron chi connectivity index (χ3n) is 3.23. The van der Waals surface area contributed by atoms with Gasteiger partial charge in [0.05, 0.1) is 0 Å². The van der Waals surface area contributed by atoms with Crippen LogP contribution in [0, 0.1) is 0 Å². The van der Waals surface area contributed by atoms with Crippen molar-refractivity contribution in [2.45, 2.75) is 59.0 Å². The van der Waals surface area contributed by atoms with Crippen LogP contribution in [-0.2, 0) is 47.8 Å². The molecule has 0 aromatic heterocycles. The average molecular weight is 402 g/mol. The van der Waals surface area contributed by atoms with Crippen LogP contribution >= 0.6 is 0 Å². The number of ether oxygens (including phenoxy) is 4. The van der Waals surface area contributed by atoms with Gasteiger partial charge in [-0.1, -0.05) is 0 Å². The van der Waals surface area contributed by atoms with Crippen LogP contribution < -0.4 is 5.32 Å². The second-order valence-electron chi connectivity index (χ2n) is 5.80. The minimum atomic E-state index is -1.30. The summed E-state index contributed by atoms with van der Waals surface area (Å²) in [5.74, 6) is -3.80. The van der Waals surface area contributed by atoms with Crippen LogP contribution in [0.5, 0.6) is 0 Å². The third kappa shape index (κ3) is 7.21. The number of hydrogen-bond acceptors (Lipinski definition) is 11. The van der Waals surface area contributed by atoms with Crippen LogP contribution in [0.1, 0.15) is 34.6 Å². The van der Waals surface area contributed by atoms with E-state index in [0.29, 0.717) is 0 Å². The molecule has 0 radical (unpaired) electrons. The molecule has 0 spiro atoms. The summed E-state index contributed by atoms with van der Waals surface area (Å²) in [6.45, 7) is 5.25. The first-order valence-electron chi connectivity index (χ1n) is 8.18. The van der Waals surface area contributed by atoms with E-state index in [1.165, 1.54) is 6.92 Å². The van der Waals surface area contributed by atoms with Gasteiger partial charge in [0, 0.05) is 34.6 Å². The average Bonchev–Trinajstić information content (AvgIpc) is 2.54. The highest BCUT2D eigenvalue weighted by Crippen LogP contribution is 2.25. The van der Waals surface area contributed by atoms with Gasteiger partial charge < -0.3 is 29.1 Å². The maximum atomic E-state index is 11.6. The van der Waals surface area contributed by atoms with Crippen molar-refractivity contribution in [1.29, 1.82) is 0 Å². The summed E-state index contributed by atoms with van der Waals surface area (Å²) >= 11 is 0. The number of esters is 3. The molecule has 1 saturated heterocycles.